The number of aliphatic carboxylic acids is 1. The molecule has 0 radical (unpaired) electrons. The van der Waals surface area contributed by atoms with Crippen LogP contribution in [0, 0.1) is 0 Å². The van der Waals surface area contributed by atoms with Crippen LogP contribution in [0.4, 0.5) is 0 Å². The first-order chi connectivity index (χ1) is 6.61. The van der Waals surface area contributed by atoms with Gasteiger partial charge in [-0.2, -0.15) is 0 Å². The van der Waals surface area contributed by atoms with Crippen LogP contribution in [0.5, 0.6) is 0 Å². The predicted molar refractivity (Wildman–Crippen MR) is 49.0 cm³/mol. The van der Waals surface area contributed by atoms with Gasteiger partial charge < -0.3 is 10.2 Å². The molecule has 14 heavy (non-hydrogen) atoms. The zero-order valence-corrected chi connectivity index (χ0v) is 7.38. The van der Waals surface area contributed by atoms with Crippen molar-refractivity contribution in [2.75, 3.05) is 0 Å². The highest BCUT2D eigenvalue weighted by atomic mass is 16.4. The molecule has 0 aliphatic rings. The molecule has 0 saturated heterocycles. The number of aliphatic hydroxyl groups excluding tert-OH is 1. The quantitative estimate of drug-likeness (QED) is 0.692. The summed E-state index contributed by atoms with van der Waals surface area (Å²) >= 11 is 0. The van der Waals surface area contributed by atoms with E-state index in [0.29, 0.717) is 5.56 Å². The molecule has 0 aliphatic heterocycles. The number of carbonyl (C=O) groups is 2. The predicted octanol–water partition coefficient (Wildman–Crippen LogP) is 0.705. The minimum absolute atomic E-state index is 0.375. The molecule has 0 spiro atoms. The van der Waals surface area contributed by atoms with Crippen molar-refractivity contribution in [2.45, 2.75) is 12.5 Å². The number of carbonyl (C=O) groups excluding carboxylic acids is 1. The first-order valence-electron chi connectivity index (χ1n) is 4.10. The monoisotopic (exact) mass is 194 g/mol. The maximum atomic E-state index is 11.3. The topological polar surface area (TPSA) is 74.6 Å². The summed E-state index contributed by atoms with van der Waals surface area (Å²) < 4.78 is 0. The Labute approximate surface area is 80.8 Å². The Bertz CT molecular complexity index is 331. The van der Waals surface area contributed by atoms with E-state index in [1.54, 1.807) is 30.3 Å². The molecule has 1 rings (SSSR count). The second-order valence-corrected chi connectivity index (χ2v) is 2.85. The number of rotatable bonds is 4. The van der Waals surface area contributed by atoms with Crippen molar-refractivity contribution in [3.05, 3.63) is 35.9 Å². The van der Waals surface area contributed by atoms with Crippen molar-refractivity contribution in [2.24, 2.45) is 0 Å². The van der Waals surface area contributed by atoms with Gasteiger partial charge in [0.15, 0.2) is 11.9 Å². The van der Waals surface area contributed by atoms with E-state index >= 15 is 0 Å². The molecule has 4 heteroatoms. The minimum Gasteiger partial charge on any atom is -0.479 e. The second-order valence-electron chi connectivity index (χ2n) is 2.85. The molecular weight excluding hydrogens is 184 g/mol. The summed E-state index contributed by atoms with van der Waals surface area (Å²) in [5.41, 5.74) is 0.410. The Balaban J connectivity index is 2.64. The summed E-state index contributed by atoms with van der Waals surface area (Å²) in [6.45, 7) is 0. The van der Waals surface area contributed by atoms with Gasteiger partial charge >= 0.3 is 5.97 Å². The molecule has 1 unspecified atom stereocenters. The van der Waals surface area contributed by atoms with E-state index in [9.17, 15) is 9.59 Å². The van der Waals surface area contributed by atoms with Crippen LogP contribution in [0.15, 0.2) is 30.3 Å². The normalized spacial score (nSPS) is 12.1. The van der Waals surface area contributed by atoms with Gasteiger partial charge in [-0.1, -0.05) is 30.3 Å². The summed E-state index contributed by atoms with van der Waals surface area (Å²) in [6.07, 6.45) is -2.01. The molecule has 1 aromatic carbocycles. The summed E-state index contributed by atoms with van der Waals surface area (Å²) in [4.78, 5) is 21.6. The molecule has 4 nitrogen and oxygen atoms in total. The van der Waals surface area contributed by atoms with E-state index in [1.165, 1.54) is 0 Å². The van der Waals surface area contributed by atoms with Crippen LogP contribution in [-0.4, -0.2) is 28.1 Å². The van der Waals surface area contributed by atoms with Gasteiger partial charge in [0, 0.05) is 12.0 Å². The number of hydrogen-bond acceptors (Lipinski definition) is 3. The summed E-state index contributed by atoms with van der Waals surface area (Å²) in [6, 6.07) is 8.28. The third kappa shape index (κ3) is 2.67. The number of aliphatic hydroxyl groups is 1. The zero-order valence-electron chi connectivity index (χ0n) is 7.38. The molecule has 0 aliphatic carbocycles. The van der Waals surface area contributed by atoms with Crippen molar-refractivity contribution in [3.8, 4) is 0 Å². The van der Waals surface area contributed by atoms with E-state index in [4.69, 9.17) is 10.2 Å². The number of carboxylic acids is 1. The van der Waals surface area contributed by atoms with Crippen LogP contribution in [0.2, 0.25) is 0 Å². The first-order valence-corrected chi connectivity index (χ1v) is 4.10. The van der Waals surface area contributed by atoms with Crippen LogP contribution in [0.3, 0.4) is 0 Å². The van der Waals surface area contributed by atoms with Crippen LogP contribution in [-0.2, 0) is 4.79 Å². The smallest absolute Gasteiger partial charge is 0.332 e. The van der Waals surface area contributed by atoms with Crippen molar-refractivity contribution < 1.29 is 19.8 Å². The van der Waals surface area contributed by atoms with Crippen molar-refractivity contribution in [1.29, 1.82) is 0 Å². The maximum absolute atomic E-state index is 11.3. The number of Topliss-reactive ketones (excluding diaryl/α,β-unsaturated/α-hetero) is 1. The minimum atomic E-state index is -1.62. The van der Waals surface area contributed by atoms with Crippen molar-refractivity contribution in [3.63, 3.8) is 0 Å². The molecule has 1 atom stereocenters. The van der Waals surface area contributed by atoms with Gasteiger partial charge in [0.05, 0.1) is 0 Å². The number of benzene rings is 1. The fourth-order valence-corrected chi connectivity index (χ4v) is 1.00. The van der Waals surface area contributed by atoms with Gasteiger partial charge in [0.2, 0.25) is 0 Å². The highest BCUT2D eigenvalue weighted by molar-refractivity contribution is 5.98. The number of hydrogen-bond donors (Lipinski definition) is 2. The first kappa shape index (κ1) is 10.4. The Morgan fingerprint density at radius 3 is 2.29 bits per heavy atom. The molecule has 0 bridgehead atoms. The van der Waals surface area contributed by atoms with Crippen LogP contribution in [0.1, 0.15) is 16.8 Å². The van der Waals surface area contributed by atoms with E-state index in [2.05, 4.69) is 0 Å². The molecule has 0 aromatic heterocycles. The Hall–Kier alpha value is -1.68. The standard InChI is InChI=1S/C10H10O4/c11-8(6-9(12)10(13)14)7-4-2-1-3-5-7/h1-5,9,12H,6H2,(H,13,14). The van der Waals surface area contributed by atoms with Crippen molar-refractivity contribution in [1.82, 2.24) is 0 Å². The molecule has 0 fully saturated rings. The summed E-state index contributed by atoms with van der Waals surface area (Å²) in [5, 5.41) is 17.3. The lowest BCUT2D eigenvalue weighted by molar-refractivity contribution is -0.146. The van der Waals surface area contributed by atoms with Gasteiger partial charge in [-0.25, -0.2) is 4.79 Å². The van der Waals surface area contributed by atoms with Gasteiger partial charge in [-0.05, 0) is 0 Å². The van der Waals surface area contributed by atoms with Crippen molar-refractivity contribution >= 4 is 11.8 Å². The van der Waals surface area contributed by atoms with Crippen LogP contribution < -0.4 is 0 Å². The average Bonchev–Trinajstić information content (AvgIpc) is 2.19. The second kappa shape index (κ2) is 4.53. The van der Waals surface area contributed by atoms with Gasteiger partial charge in [-0.3, -0.25) is 4.79 Å². The third-order valence-corrected chi connectivity index (χ3v) is 1.76. The van der Waals surface area contributed by atoms with E-state index in [0.717, 1.165) is 0 Å². The van der Waals surface area contributed by atoms with Gasteiger partial charge in [0.25, 0.3) is 0 Å². The molecular formula is C10H10O4. The van der Waals surface area contributed by atoms with E-state index in [1.807, 2.05) is 0 Å². The van der Waals surface area contributed by atoms with Crippen LogP contribution in [0.25, 0.3) is 0 Å². The lowest BCUT2D eigenvalue weighted by atomic mass is 10.1. The maximum Gasteiger partial charge on any atom is 0.332 e. The lowest BCUT2D eigenvalue weighted by Gasteiger charge is -2.03. The largest absolute Gasteiger partial charge is 0.479 e. The lowest BCUT2D eigenvalue weighted by Crippen LogP contribution is -2.23. The molecule has 0 amide bonds. The molecule has 0 heterocycles. The summed E-state index contributed by atoms with van der Waals surface area (Å²) in [7, 11) is 0. The van der Waals surface area contributed by atoms with E-state index in [-0.39, 0.29) is 12.2 Å². The van der Waals surface area contributed by atoms with Gasteiger partial charge in [-0.15, -0.1) is 0 Å². The fraction of sp³-hybridized carbons (Fsp3) is 0.200. The Morgan fingerprint density at radius 2 is 1.79 bits per heavy atom. The van der Waals surface area contributed by atoms with Gasteiger partial charge in [0.1, 0.15) is 0 Å². The average molecular weight is 194 g/mol. The number of carboxylic acid groups (broad SMARTS) is 1. The Morgan fingerprint density at radius 1 is 1.21 bits per heavy atom. The molecule has 74 valence electrons. The zero-order chi connectivity index (χ0) is 10.6. The SMILES string of the molecule is O=C(CC(O)C(=O)O)c1ccccc1. The highest BCUT2D eigenvalue weighted by Gasteiger charge is 2.18. The Kier molecular flexibility index (Phi) is 3.36. The highest BCUT2D eigenvalue weighted by Crippen LogP contribution is 2.05. The molecule has 2 N–H and O–H groups in total. The molecule has 1 aromatic rings. The fourth-order valence-electron chi connectivity index (χ4n) is 1.00. The van der Waals surface area contributed by atoms with E-state index < -0.39 is 12.1 Å². The summed E-state index contributed by atoms with van der Waals surface area (Å²) in [5.74, 6) is -1.75. The van der Waals surface area contributed by atoms with Crippen LogP contribution >= 0.6 is 0 Å². The number of ketones is 1. The molecule has 0 saturated carbocycles. The third-order valence-electron chi connectivity index (χ3n) is 1.76.